The molecule has 0 amide bonds. The molecule has 2 aromatic carbocycles. The fourth-order valence-electron chi connectivity index (χ4n) is 1.99. The maximum Gasteiger partial charge on any atom is 0.308 e. The quantitative estimate of drug-likeness (QED) is 0.471. The number of benzene rings is 2. The zero-order chi connectivity index (χ0) is 11.8. The first-order valence-corrected chi connectivity index (χ1v) is 5.33. The molecule has 0 saturated heterocycles. The lowest BCUT2D eigenvalue weighted by molar-refractivity contribution is -0.131. The molecule has 3 rings (SSSR count). The van der Waals surface area contributed by atoms with Gasteiger partial charge in [-0.3, -0.25) is 4.79 Å². The van der Waals surface area contributed by atoms with Crippen molar-refractivity contribution in [3.63, 3.8) is 0 Å². The van der Waals surface area contributed by atoms with Gasteiger partial charge in [0.1, 0.15) is 11.3 Å². The van der Waals surface area contributed by atoms with E-state index in [1.54, 1.807) is 12.3 Å². The highest BCUT2D eigenvalue weighted by molar-refractivity contribution is 6.04. The van der Waals surface area contributed by atoms with Crippen molar-refractivity contribution >= 4 is 27.7 Å². The van der Waals surface area contributed by atoms with Crippen LogP contribution in [0.2, 0.25) is 0 Å². The average Bonchev–Trinajstić information content (AvgIpc) is 2.76. The lowest BCUT2D eigenvalue weighted by Crippen LogP contribution is -2.02. The van der Waals surface area contributed by atoms with Gasteiger partial charge >= 0.3 is 5.97 Å². The molecule has 0 unspecified atom stereocenters. The average molecular weight is 226 g/mol. The third kappa shape index (κ3) is 1.56. The van der Waals surface area contributed by atoms with Gasteiger partial charge in [-0.2, -0.15) is 0 Å². The largest absolute Gasteiger partial charge is 0.464 e. The number of furan rings is 1. The van der Waals surface area contributed by atoms with Crippen molar-refractivity contribution < 1.29 is 13.9 Å². The fourth-order valence-corrected chi connectivity index (χ4v) is 1.99. The molecule has 0 radical (unpaired) electrons. The Kier molecular flexibility index (Phi) is 2.11. The molecule has 3 heteroatoms. The lowest BCUT2D eigenvalue weighted by Gasteiger charge is -2.07. The second kappa shape index (κ2) is 3.63. The molecular formula is C14H10O3. The zero-order valence-electron chi connectivity index (χ0n) is 9.27. The van der Waals surface area contributed by atoms with E-state index in [2.05, 4.69) is 0 Å². The van der Waals surface area contributed by atoms with Gasteiger partial charge in [-0.1, -0.05) is 24.3 Å². The van der Waals surface area contributed by atoms with Gasteiger partial charge in [0.25, 0.3) is 0 Å². The number of fused-ring (bicyclic) bond motifs is 2. The van der Waals surface area contributed by atoms with Crippen molar-refractivity contribution in [3.05, 3.63) is 42.7 Å². The van der Waals surface area contributed by atoms with E-state index < -0.39 is 0 Å². The highest BCUT2D eigenvalue weighted by atomic mass is 16.5. The smallest absolute Gasteiger partial charge is 0.308 e. The molecule has 0 aliphatic rings. The maximum absolute atomic E-state index is 11.2. The standard InChI is InChI=1S/C14H10O3/c1-9(15)17-14-11-5-3-2-4-10(11)8-13-12(14)6-7-16-13/h2-8H,1H3. The topological polar surface area (TPSA) is 39.4 Å². The minimum absolute atomic E-state index is 0.330. The number of rotatable bonds is 1. The van der Waals surface area contributed by atoms with E-state index in [0.717, 1.165) is 21.7 Å². The van der Waals surface area contributed by atoms with E-state index in [9.17, 15) is 4.79 Å². The molecule has 0 N–H and O–H groups in total. The van der Waals surface area contributed by atoms with Gasteiger partial charge in [-0.05, 0) is 17.5 Å². The number of ether oxygens (including phenoxy) is 1. The predicted molar refractivity (Wildman–Crippen MR) is 65.0 cm³/mol. The van der Waals surface area contributed by atoms with Crippen LogP contribution in [0.1, 0.15) is 6.92 Å². The summed E-state index contributed by atoms with van der Waals surface area (Å²) in [6, 6.07) is 11.5. The Morgan fingerprint density at radius 1 is 1.18 bits per heavy atom. The summed E-state index contributed by atoms with van der Waals surface area (Å²) in [6.07, 6.45) is 1.59. The van der Waals surface area contributed by atoms with Gasteiger partial charge < -0.3 is 9.15 Å². The summed E-state index contributed by atoms with van der Waals surface area (Å²) in [7, 11) is 0. The van der Waals surface area contributed by atoms with Gasteiger partial charge in [0.2, 0.25) is 0 Å². The molecule has 1 aromatic heterocycles. The fraction of sp³-hybridized carbons (Fsp3) is 0.0714. The molecule has 3 aromatic rings. The summed E-state index contributed by atoms with van der Waals surface area (Å²) in [4.78, 5) is 11.2. The summed E-state index contributed by atoms with van der Waals surface area (Å²) in [5.41, 5.74) is 0.722. The molecule has 84 valence electrons. The Bertz CT molecular complexity index is 710. The first-order chi connectivity index (χ1) is 8.25. The summed E-state index contributed by atoms with van der Waals surface area (Å²) < 4.78 is 10.7. The summed E-state index contributed by atoms with van der Waals surface area (Å²) in [5, 5.41) is 2.72. The predicted octanol–water partition coefficient (Wildman–Crippen LogP) is 3.51. The molecule has 0 atom stereocenters. The van der Waals surface area contributed by atoms with Crippen LogP contribution in [0.25, 0.3) is 21.7 Å². The second-order valence-corrected chi connectivity index (χ2v) is 3.85. The maximum atomic E-state index is 11.2. The number of esters is 1. The second-order valence-electron chi connectivity index (χ2n) is 3.85. The number of carbonyl (C=O) groups excluding carboxylic acids is 1. The highest BCUT2D eigenvalue weighted by Gasteiger charge is 2.12. The Balaban J connectivity index is 2.43. The van der Waals surface area contributed by atoms with Crippen LogP contribution in [0.4, 0.5) is 0 Å². The first kappa shape index (κ1) is 9.90. The van der Waals surface area contributed by atoms with Gasteiger partial charge in [0.05, 0.1) is 11.6 Å². The molecule has 0 spiro atoms. The minimum Gasteiger partial charge on any atom is -0.464 e. The van der Waals surface area contributed by atoms with E-state index in [1.165, 1.54) is 6.92 Å². The van der Waals surface area contributed by atoms with Crippen LogP contribution in [0.3, 0.4) is 0 Å². The first-order valence-electron chi connectivity index (χ1n) is 5.33. The van der Waals surface area contributed by atoms with Crippen LogP contribution in [0, 0.1) is 0 Å². The normalized spacial score (nSPS) is 10.9. The molecule has 1 heterocycles. The van der Waals surface area contributed by atoms with Crippen molar-refractivity contribution in [2.45, 2.75) is 6.92 Å². The molecule has 0 bridgehead atoms. The molecule has 17 heavy (non-hydrogen) atoms. The highest BCUT2D eigenvalue weighted by Crippen LogP contribution is 2.35. The van der Waals surface area contributed by atoms with Crippen molar-refractivity contribution in [1.82, 2.24) is 0 Å². The van der Waals surface area contributed by atoms with Crippen molar-refractivity contribution in [3.8, 4) is 5.75 Å². The molecule has 0 fully saturated rings. The SMILES string of the molecule is CC(=O)Oc1c2ccccc2cc2occc12. The van der Waals surface area contributed by atoms with E-state index >= 15 is 0 Å². The molecule has 0 aliphatic heterocycles. The van der Waals surface area contributed by atoms with Crippen LogP contribution in [-0.4, -0.2) is 5.97 Å². The number of carbonyl (C=O) groups is 1. The number of hydrogen-bond donors (Lipinski definition) is 0. The monoisotopic (exact) mass is 226 g/mol. The molecular weight excluding hydrogens is 216 g/mol. The van der Waals surface area contributed by atoms with Crippen molar-refractivity contribution in [1.29, 1.82) is 0 Å². The minimum atomic E-state index is -0.330. The molecule has 3 nitrogen and oxygen atoms in total. The zero-order valence-corrected chi connectivity index (χ0v) is 9.27. The Morgan fingerprint density at radius 3 is 2.82 bits per heavy atom. The summed E-state index contributed by atoms with van der Waals surface area (Å²) in [5.74, 6) is 0.239. The molecule has 0 aliphatic carbocycles. The van der Waals surface area contributed by atoms with E-state index in [4.69, 9.17) is 9.15 Å². The van der Waals surface area contributed by atoms with Gasteiger partial charge in [0, 0.05) is 12.3 Å². The van der Waals surface area contributed by atoms with Crippen LogP contribution in [0.5, 0.6) is 5.75 Å². The summed E-state index contributed by atoms with van der Waals surface area (Å²) >= 11 is 0. The lowest BCUT2D eigenvalue weighted by atomic mass is 10.1. The molecule has 0 saturated carbocycles. The van der Waals surface area contributed by atoms with Crippen LogP contribution >= 0.6 is 0 Å². The number of hydrogen-bond acceptors (Lipinski definition) is 3. The van der Waals surface area contributed by atoms with E-state index in [0.29, 0.717) is 5.75 Å². The van der Waals surface area contributed by atoms with Crippen molar-refractivity contribution in [2.75, 3.05) is 0 Å². The third-order valence-electron chi connectivity index (χ3n) is 2.68. The summed E-state index contributed by atoms with van der Waals surface area (Å²) in [6.45, 7) is 1.40. The van der Waals surface area contributed by atoms with Gasteiger partial charge in [0.15, 0.2) is 0 Å². The van der Waals surface area contributed by atoms with E-state index in [1.807, 2.05) is 30.3 Å². The third-order valence-corrected chi connectivity index (χ3v) is 2.68. The van der Waals surface area contributed by atoms with E-state index in [-0.39, 0.29) is 5.97 Å². The van der Waals surface area contributed by atoms with Crippen LogP contribution in [0.15, 0.2) is 47.1 Å². The Hall–Kier alpha value is -2.29. The Morgan fingerprint density at radius 2 is 2.00 bits per heavy atom. The van der Waals surface area contributed by atoms with Crippen LogP contribution < -0.4 is 4.74 Å². The Labute approximate surface area is 97.6 Å². The van der Waals surface area contributed by atoms with Crippen molar-refractivity contribution in [2.24, 2.45) is 0 Å². The van der Waals surface area contributed by atoms with Gasteiger partial charge in [-0.15, -0.1) is 0 Å². The van der Waals surface area contributed by atoms with Crippen LogP contribution in [-0.2, 0) is 4.79 Å². The van der Waals surface area contributed by atoms with Gasteiger partial charge in [-0.25, -0.2) is 0 Å².